The highest BCUT2D eigenvalue weighted by Crippen LogP contribution is 2.39. The molecule has 0 unspecified atom stereocenters. The third-order valence-electron chi connectivity index (χ3n) is 5.16. The van der Waals surface area contributed by atoms with E-state index in [1.165, 1.54) is 26.2 Å². The van der Waals surface area contributed by atoms with Gasteiger partial charge in [0.15, 0.2) is 6.29 Å². The molecule has 1 aromatic rings. The maximum absolute atomic E-state index is 13.2. The summed E-state index contributed by atoms with van der Waals surface area (Å²) in [4.78, 5) is 39.3. The number of anilines is 1. The van der Waals surface area contributed by atoms with Gasteiger partial charge in [-0.2, -0.15) is 0 Å². The molecule has 2 N–H and O–H groups in total. The largest absolute Gasteiger partial charge is 0.453 e. The Morgan fingerprint density at radius 1 is 1.21 bits per heavy atom. The summed E-state index contributed by atoms with van der Waals surface area (Å²) < 4.78 is 14.8. The molecule has 2 atom stereocenters. The number of alkyl carbamates (subject to hydrolysis) is 1. The molecule has 2 aliphatic heterocycles. The average molecular weight is 391 g/mol. The fraction of sp³-hybridized carbons (Fsp3) is 0.526. The molecule has 0 saturated heterocycles. The molecular formula is C19H25N3O6. The number of methoxy groups -OCH3 is 3. The molecule has 0 bridgehead atoms. The van der Waals surface area contributed by atoms with Gasteiger partial charge in [-0.1, -0.05) is 18.2 Å². The predicted octanol–water partition coefficient (Wildman–Crippen LogP) is 0.350. The first-order chi connectivity index (χ1) is 13.5. The third kappa shape index (κ3) is 3.81. The molecule has 0 spiro atoms. The summed E-state index contributed by atoms with van der Waals surface area (Å²) in [5, 5.41) is 5.37. The first kappa shape index (κ1) is 20.1. The van der Waals surface area contributed by atoms with Crippen LogP contribution in [0, 0.1) is 0 Å². The molecule has 9 heteroatoms. The number of hydrogen-bond donors (Lipinski definition) is 2. The molecule has 0 saturated carbocycles. The van der Waals surface area contributed by atoms with Crippen LogP contribution in [-0.2, 0) is 36.6 Å². The van der Waals surface area contributed by atoms with Gasteiger partial charge in [-0.25, -0.2) is 4.79 Å². The molecule has 0 aromatic heterocycles. The minimum atomic E-state index is -0.758. The van der Waals surface area contributed by atoms with Gasteiger partial charge in [0.05, 0.1) is 19.3 Å². The lowest BCUT2D eigenvalue weighted by Crippen LogP contribution is -2.55. The molecular weight excluding hydrogens is 366 g/mol. The van der Waals surface area contributed by atoms with E-state index in [1.54, 1.807) is 0 Å². The van der Waals surface area contributed by atoms with Crippen LogP contribution in [0.2, 0.25) is 0 Å². The van der Waals surface area contributed by atoms with Crippen molar-refractivity contribution in [3.8, 4) is 0 Å². The topological polar surface area (TPSA) is 106 Å². The fourth-order valence-corrected chi connectivity index (χ4v) is 3.74. The zero-order valence-electron chi connectivity index (χ0n) is 16.2. The molecule has 3 amide bonds. The zero-order chi connectivity index (χ0) is 20.3. The quantitative estimate of drug-likeness (QED) is 0.678. The van der Waals surface area contributed by atoms with Crippen LogP contribution in [0.25, 0.3) is 0 Å². The lowest BCUT2D eigenvalue weighted by Gasteiger charge is -2.28. The van der Waals surface area contributed by atoms with E-state index < -0.39 is 24.5 Å². The maximum atomic E-state index is 13.2. The van der Waals surface area contributed by atoms with Crippen LogP contribution in [0.3, 0.4) is 0 Å². The van der Waals surface area contributed by atoms with E-state index in [1.807, 2.05) is 18.2 Å². The Kier molecular flexibility index (Phi) is 6.15. The SMILES string of the molecule is COC(=O)N[C@H]1CCc2cccc3c2N(C1=O)[C@H](C(=O)NCC(OC)OC)C3. The van der Waals surface area contributed by atoms with Gasteiger partial charge in [-0.05, 0) is 24.0 Å². The normalized spacial score (nSPS) is 20.6. The number of nitrogens with one attached hydrogen (secondary N) is 2. The van der Waals surface area contributed by atoms with E-state index in [2.05, 4.69) is 15.4 Å². The van der Waals surface area contributed by atoms with Gasteiger partial charge in [0.25, 0.3) is 0 Å². The van der Waals surface area contributed by atoms with Crippen LogP contribution in [0.15, 0.2) is 18.2 Å². The van der Waals surface area contributed by atoms with Crippen LogP contribution in [0.1, 0.15) is 17.5 Å². The first-order valence-electron chi connectivity index (χ1n) is 9.11. The number of ether oxygens (including phenoxy) is 3. The minimum Gasteiger partial charge on any atom is -0.453 e. The van der Waals surface area contributed by atoms with E-state index in [-0.39, 0.29) is 18.4 Å². The lowest BCUT2D eigenvalue weighted by atomic mass is 10.0. The molecule has 1 aromatic carbocycles. The van der Waals surface area contributed by atoms with E-state index in [0.29, 0.717) is 19.3 Å². The van der Waals surface area contributed by atoms with E-state index in [9.17, 15) is 14.4 Å². The zero-order valence-corrected chi connectivity index (χ0v) is 16.2. The lowest BCUT2D eigenvalue weighted by molar-refractivity contribution is -0.130. The van der Waals surface area contributed by atoms with Crippen molar-refractivity contribution in [1.29, 1.82) is 0 Å². The van der Waals surface area contributed by atoms with Gasteiger partial charge in [0.1, 0.15) is 12.1 Å². The smallest absolute Gasteiger partial charge is 0.407 e. The van der Waals surface area contributed by atoms with Crippen LogP contribution < -0.4 is 15.5 Å². The summed E-state index contributed by atoms with van der Waals surface area (Å²) in [7, 11) is 4.22. The Labute approximate surface area is 163 Å². The van der Waals surface area contributed by atoms with Crippen LogP contribution in [0.5, 0.6) is 0 Å². The standard InChI is InChI=1S/C19H25N3O6/c1-26-15(27-2)10-20-17(23)14-9-12-6-4-5-11-7-8-13(21-19(25)28-3)18(24)22(14)16(11)12/h4-6,13-15H,7-10H2,1-3H3,(H,20,23)(H,21,25)/t13-,14-/m0/s1. The highest BCUT2D eigenvalue weighted by atomic mass is 16.7. The number of rotatable bonds is 6. The molecule has 3 rings (SSSR count). The molecule has 0 radical (unpaired) electrons. The van der Waals surface area contributed by atoms with E-state index in [0.717, 1.165) is 16.8 Å². The van der Waals surface area contributed by atoms with Crippen LogP contribution in [-0.4, -0.2) is 64.2 Å². The molecule has 28 heavy (non-hydrogen) atoms. The monoisotopic (exact) mass is 391 g/mol. The molecule has 0 aliphatic carbocycles. The third-order valence-corrected chi connectivity index (χ3v) is 5.16. The Balaban J connectivity index is 1.86. The molecule has 9 nitrogen and oxygen atoms in total. The minimum absolute atomic E-state index is 0.164. The van der Waals surface area contributed by atoms with Crippen molar-refractivity contribution in [3.05, 3.63) is 29.3 Å². The first-order valence-corrected chi connectivity index (χ1v) is 9.11. The number of nitrogens with zero attached hydrogens (tertiary/aromatic N) is 1. The van der Waals surface area contributed by atoms with E-state index >= 15 is 0 Å². The number of para-hydroxylation sites is 1. The predicted molar refractivity (Wildman–Crippen MR) is 99.9 cm³/mol. The van der Waals surface area contributed by atoms with Crippen LogP contribution in [0.4, 0.5) is 10.5 Å². The Hall–Kier alpha value is -2.65. The molecule has 2 aliphatic rings. The number of carbonyl (C=O) groups excluding carboxylic acids is 3. The van der Waals surface area contributed by atoms with Gasteiger partial charge in [0, 0.05) is 20.6 Å². The second-order valence-electron chi connectivity index (χ2n) is 6.73. The Morgan fingerprint density at radius 2 is 1.93 bits per heavy atom. The van der Waals surface area contributed by atoms with Crippen molar-refractivity contribution in [2.24, 2.45) is 0 Å². The van der Waals surface area contributed by atoms with Gasteiger partial charge < -0.3 is 24.8 Å². The average Bonchev–Trinajstić information content (AvgIpc) is 3.04. The van der Waals surface area contributed by atoms with Gasteiger partial charge in [-0.3, -0.25) is 14.5 Å². The number of carbonyl (C=O) groups is 3. The second-order valence-corrected chi connectivity index (χ2v) is 6.73. The maximum Gasteiger partial charge on any atom is 0.407 e. The van der Waals surface area contributed by atoms with Crippen molar-refractivity contribution in [2.45, 2.75) is 37.6 Å². The summed E-state index contributed by atoms with van der Waals surface area (Å²) in [6, 6.07) is 4.35. The molecule has 0 fully saturated rings. The Morgan fingerprint density at radius 3 is 2.61 bits per heavy atom. The van der Waals surface area contributed by atoms with Crippen molar-refractivity contribution in [1.82, 2.24) is 10.6 Å². The van der Waals surface area contributed by atoms with Crippen LogP contribution >= 0.6 is 0 Å². The highest BCUT2D eigenvalue weighted by Gasteiger charge is 2.44. The number of aryl methyl sites for hydroxylation is 1. The van der Waals surface area contributed by atoms with Crippen molar-refractivity contribution in [3.63, 3.8) is 0 Å². The van der Waals surface area contributed by atoms with Crippen molar-refractivity contribution < 1.29 is 28.6 Å². The number of benzene rings is 1. The number of amides is 3. The van der Waals surface area contributed by atoms with Gasteiger partial charge in [-0.15, -0.1) is 0 Å². The molecule has 152 valence electrons. The fourth-order valence-electron chi connectivity index (χ4n) is 3.74. The summed E-state index contributed by atoms with van der Waals surface area (Å²) in [6.45, 7) is 0.164. The second kappa shape index (κ2) is 8.57. The summed E-state index contributed by atoms with van der Waals surface area (Å²) in [5.74, 6) is -0.613. The summed E-state index contributed by atoms with van der Waals surface area (Å²) in [6.07, 6.45) is 0.217. The van der Waals surface area contributed by atoms with Crippen molar-refractivity contribution in [2.75, 3.05) is 32.8 Å². The van der Waals surface area contributed by atoms with Gasteiger partial charge in [0.2, 0.25) is 11.8 Å². The summed E-state index contributed by atoms with van der Waals surface area (Å²) >= 11 is 0. The number of hydrogen-bond acceptors (Lipinski definition) is 6. The van der Waals surface area contributed by atoms with E-state index in [4.69, 9.17) is 9.47 Å². The van der Waals surface area contributed by atoms with Gasteiger partial charge >= 0.3 is 6.09 Å². The molecule has 2 heterocycles. The Bertz CT molecular complexity index is 764. The highest BCUT2D eigenvalue weighted by molar-refractivity contribution is 6.07. The summed E-state index contributed by atoms with van der Waals surface area (Å²) in [5.41, 5.74) is 2.71. The van der Waals surface area contributed by atoms with Crippen molar-refractivity contribution >= 4 is 23.6 Å².